The number of hydrogen-bond donors (Lipinski definition) is 0. The number of benzene rings is 1. The number of methoxy groups -OCH3 is 1. The topological polar surface area (TPSA) is 69.7 Å². The minimum absolute atomic E-state index is 0. The number of ether oxygens (including phenoxy) is 2. The second-order valence-corrected chi connectivity index (χ2v) is 7.69. The third kappa shape index (κ3) is 5.05. The monoisotopic (exact) mass is 447 g/mol. The number of rotatable bonds is 9. The molecule has 0 saturated carbocycles. The molecule has 168 valence electrons. The van der Waals surface area contributed by atoms with E-state index in [0.717, 1.165) is 55.8 Å². The van der Waals surface area contributed by atoms with E-state index in [1.165, 1.54) is 0 Å². The molecule has 7 nitrogen and oxygen atoms in total. The number of oxazole rings is 1. The van der Waals surface area contributed by atoms with Crippen LogP contribution in [0.1, 0.15) is 31.7 Å². The summed E-state index contributed by atoms with van der Waals surface area (Å²) < 4.78 is 18.5. The lowest BCUT2D eigenvalue weighted by Crippen LogP contribution is -2.44. The van der Waals surface area contributed by atoms with Gasteiger partial charge in [0, 0.05) is 24.3 Å². The van der Waals surface area contributed by atoms with Crippen molar-refractivity contribution < 1.29 is 13.9 Å². The van der Waals surface area contributed by atoms with Crippen LogP contribution in [0.25, 0.3) is 11.2 Å². The maximum absolute atomic E-state index is 12.1. The van der Waals surface area contributed by atoms with Gasteiger partial charge in [0.25, 0.3) is 0 Å². The van der Waals surface area contributed by atoms with E-state index in [0.29, 0.717) is 30.4 Å². The highest BCUT2D eigenvalue weighted by molar-refractivity contribution is 5.85. The van der Waals surface area contributed by atoms with E-state index in [4.69, 9.17) is 13.9 Å². The zero-order valence-corrected chi connectivity index (χ0v) is 18.9. The first-order valence-electron chi connectivity index (χ1n) is 10.7. The van der Waals surface area contributed by atoms with E-state index < -0.39 is 0 Å². The number of fused-ring (bicyclic) bond motifs is 2. The summed E-state index contributed by atoms with van der Waals surface area (Å²) in [4.78, 5) is 18.9. The van der Waals surface area contributed by atoms with Gasteiger partial charge in [-0.3, -0.25) is 9.47 Å². The van der Waals surface area contributed by atoms with Crippen molar-refractivity contribution in [2.45, 2.75) is 45.2 Å². The molecule has 0 spiro atoms. The number of halogens is 1. The molecule has 0 N–H and O–H groups in total. The molecule has 4 rings (SSSR count). The molecule has 0 aliphatic carbocycles. The highest BCUT2D eigenvalue weighted by Crippen LogP contribution is 2.34. The summed E-state index contributed by atoms with van der Waals surface area (Å²) in [5.41, 5.74) is 2.32. The Hall–Kier alpha value is -2.51. The van der Waals surface area contributed by atoms with Crippen molar-refractivity contribution in [2.75, 3.05) is 26.8 Å². The van der Waals surface area contributed by atoms with Crippen molar-refractivity contribution in [3.63, 3.8) is 0 Å². The van der Waals surface area contributed by atoms with Gasteiger partial charge in [-0.15, -0.1) is 12.4 Å². The Bertz CT molecular complexity index is 1030. The van der Waals surface area contributed by atoms with Crippen molar-refractivity contribution in [3.8, 4) is 11.5 Å². The van der Waals surface area contributed by atoms with Crippen LogP contribution in [0, 0.1) is 0 Å². The zero-order valence-electron chi connectivity index (χ0n) is 18.1. The van der Waals surface area contributed by atoms with E-state index in [1.54, 1.807) is 30.0 Å². The second kappa shape index (κ2) is 10.7. The summed E-state index contributed by atoms with van der Waals surface area (Å²) in [5, 5.41) is 0. The Morgan fingerprint density at radius 2 is 2.10 bits per heavy atom. The Kier molecular flexibility index (Phi) is 7.98. The average molecular weight is 448 g/mol. The van der Waals surface area contributed by atoms with Crippen LogP contribution in [0.15, 0.2) is 45.7 Å². The number of aromatic nitrogens is 2. The van der Waals surface area contributed by atoms with E-state index in [2.05, 4.69) is 16.8 Å². The molecule has 1 unspecified atom stereocenters. The van der Waals surface area contributed by atoms with Crippen molar-refractivity contribution in [2.24, 2.45) is 0 Å². The molecule has 0 fully saturated rings. The van der Waals surface area contributed by atoms with Gasteiger partial charge in [-0.2, -0.15) is 0 Å². The molecule has 1 aromatic carbocycles. The van der Waals surface area contributed by atoms with Gasteiger partial charge in [0.2, 0.25) is 0 Å². The molecule has 31 heavy (non-hydrogen) atoms. The predicted molar refractivity (Wildman–Crippen MR) is 123 cm³/mol. The van der Waals surface area contributed by atoms with Gasteiger partial charge in [-0.05, 0) is 63.0 Å². The summed E-state index contributed by atoms with van der Waals surface area (Å²) in [6.45, 7) is 5.49. The van der Waals surface area contributed by atoms with Crippen molar-refractivity contribution in [3.05, 3.63) is 52.6 Å². The van der Waals surface area contributed by atoms with Gasteiger partial charge in [-0.25, -0.2) is 9.78 Å². The first-order valence-corrected chi connectivity index (χ1v) is 10.7. The van der Waals surface area contributed by atoms with Crippen LogP contribution in [0.4, 0.5) is 0 Å². The molecular formula is C23H30ClN3O4. The first-order chi connectivity index (χ1) is 14.7. The van der Waals surface area contributed by atoms with Crippen molar-refractivity contribution in [1.29, 1.82) is 0 Å². The minimum atomic E-state index is -0.335. The lowest BCUT2D eigenvalue weighted by atomic mass is 10.00. The fraction of sp³-hybridized carbons (Fsp3) is 0.478. The number of pyridine rings is 1. The summed E-state index contributed by atoms with van der Waals surface area (Å²) in [6.07, 6.45) is 5.58. The maximum atomic E-state index is 12.1. The molecule has 0 radical (unpaired) electrons. The van der Waals surface area contributed by atoms with Gasteiger partial charge < -0.3 is 13.9 Å². The predicted octanol–water partition coefficient (Wildman–Crippen LogP) is 3.92. The minimum Gasteiger partial charge on any atom is -0.496 e. The van der Waals surface area contributed by atoms with Gasteiger partial charge in [0.05, 0.1) is 7.11 Å². The van der Waals surface area contributed by atoms with Crippen LogP contribution >= 0.6 is 12.4 Å². The molecular weight excluding hydrogens is 418 g/mol. The van der Waals surface area contributed by atoms with Crippen LogP contribution in [0.3, 0.4) is 0 Å². The largest absolute Gasteiger partial charge is 0.496 e. The van der Waals surface area contributed by atoms with E-state index in [1.807, 2.05) is 18.2 Å². The summed E-state index contributed by atoms with van der Waals surface area (Å²) in [7, 11) is 1.71. The number of nitrogens with zero attached hydrogens (tertiary/aromatic N) is 3. The highest BCUT2D eigenvalue weighted by Gasteiger charge is 2.27. The first kappa shape index (κ1) is 23.2. The van der Waals surface area contributed by atoms with Crippen molar-refractivity contribution in [1.82, 2.24) is 14.5 Å². The third-order valence-corrected chi connectivity index (χ3v) is 5.71. The van der Waals surface area contributed by atoms with Crippen molar-refractivity contribution >= 4 is 23.6 Å². The number of hydrogen-bond acceptors (Lipinski definition) is 6. The van der Waals surface area contributed by atoms with E-state index in [-0.39, 0.29) is 18.2 Å². The Labute approximate surface area is 188 Å². The van der Waals surface area contributed by atoms with E-state index >= 15 is 0 Å². The average Bonchev–Trinajstić information content (AvgIpc) is 3.10. The SMILES string of the molecule is CCCN(CCCCn1c(=O)oc2cccnc21)C1COc2cccc(OC)c2C1.Cl. The number of aryl methyl sites for hydroxylation is 1. The normalized spacial score (nSPS) is 15.4. The van der Waals surface area contributed by atoms with Gasteiger partial charge in [0.15, 0.2) is 11.2 Å². The van der Waals surface area contributed by atoms with Gasteiger partial charge in [-0.1, -0.05) is 13.0 Å². The molecule has 0 bridgehead atoms. The standard InChI is InChI=1S/C23H29N3O4.ClH/c1-3-12-25(17-15-18-19(28-2)8-6-9-20(18)29-16-17)13-4-5-14-26-22-21(30-23(26)27)10-7-11-24-22;/h6-11,17H,3-5,12-16H2,1-2H3;1H. The fourth-order valence-electron chi connectivity index (χ4n) is 4.23. The molecule has 2 aromatic heterocycles. The van der Waals surface area contributed by atoms with Crippen LogP contribution in [-0.4, -0.2) is 47.3 Å². The molecule has 8 heteroatoms. The summed E-state index contributed by atoms with van der Waals surface area (Å²) >= 11 is 0. The lowest BCUT2D eigenvalue weighted by Gasteiger charge is -2.35. The Balaban J connectivity index is 0.00000272. The van der Waals surface area contributed by atoms with Crippen LogP contribution < -0.4 is 15.2 Å². The van der Waals surface area contributed by atoms with Gasteiger partial charge >= 0.3 is 5.76 Å². The molecule has 0 amide bonds. The van der Waals surface area contributed by atoms with Gasteiger partial charge in [0.1, 0.15) is 18.1 Å². The summed E-state index contributed by atoms with van der Waals surface area (Å²) in [6, 6.07) is 9.86. The summed E-state index contributed by atoms with van der Waals surface area (Å²) in [5.74, 6) is 1.49. The molecule has 3 aromatic rings. The second-order valence-electron chi connectivity index (χ2n) is 7.69. The van der Waals surface area contributed by atoms with Crippen LogP contribution in [-0.2, 0) is 13.0 Å². The van der Waals surface area contributed by atoms with Crippen LogP contribution in [0.2, 0.25) is 0 Å². The zero-order chi connectivity index (χ0) is 20.9. The smallest absolute Gasteiger partial charge is 0.421 e. The Morgan fingerprint density at radius 1 is 1.23 bits per heavy atom. The molecule has 0 saturated heterocycles. The molecule has 3 heterocycles. The lowest BCUT2D eigenvalue weighted by molar-refractivity contribution is 0.115. The fourth-order valence-corrected chi connectivity index (χ4v) is 4.23. The maximum Gasteiger partial charge on any atom is 0.421 e. The van der Waals surface area contributed by atoms with E-state index in [9.17, 15) is 4.79 Å². The third-order valence-electron chi connectivity index (χ3n) is 5.71. The quantitative estimate of drug-likeness (QED) is 0.463. The number of unbranched alkanes of at least 4 members (excludes halogenated alkanes) is 1. The Morgan fingerprint density at radius 3 is 2.90 bits per heavy atom. The molecule has 1 aliphatic heterocycles. The molecule has 1 aliphatic rings. The highest BCUT2D eigenvalue weighted by atomic mass is 35.5. The van der Waals surface area contributed by atoms with Crippen LogP contribution in [0.5, 0.6) is 11.5 Å². The molecule has 1 atom stereocenters.